The van der Waals surface area contributed by atoms with E-state index >= 15 is 0 Å². The molecule has 0 bridgehead atoms. The summed E-state index contributed by atoms with van der Waals surface area (Å²) < 4.78 is 9.59. The zero-order valence-electron chi connectivity index (χ0n) is 9.96. The average Bonchev–Trinajstić information content (AvgIpc) is 2.11. The maximum Gasteiger partial charge on any atom is 0.302 e. The number of rotatable bonds is 5. The average molecular weight is 231 g/mol. The summed E-state index contributed by atoms with van der Waals surface area (Å²) in [6, 6.07) is 0. The molecule has 0 aromatic heterocycles. The van der Waals surface area contributed by atoms with Crippen molar-refractivity contribution in [1.29, 1.82) is 0 Å². The highest BCUT2D eigenvalue weighted by Crippen LogP contribution is 2.06. The van der Waals surface area contributed by atoms with Gasteiger partial charge in [-0.3, -0.25) is 14.4 Å². The number of carbonyl (C=O) groups is 3. The summed E-state index contributed by atoms with van der Waals surface area (Å²) in [4.78, 5) is 32.3. The summed E-state index contributed by atoms with van der Waals surface area (Å²) in [5.74, 6) is -1.21. The first-order chi connectivity index (χ1) is 7.25. The number of esters is 2. The topological polar surface area (TPSA) is 81.7 Å². The van der Waals surface area contributed by atoms with E-state index in [2.05, 4.69) is 5.32 Å². The standard InChI is InChI=1S/C10H17NO5/c1-7(12)11-10(4,5-15-8(2)13)6-16-9(3)14/h5-6H2,1-4H3,(H,11,12). The van der Waals surface area contributed by atoms with E-state index in [0.717, 1.165) is 0 Å². The predicted molar refractivity (Wildman–Crippen MR) is 55.5 cm³/mol. The van der Waals surface area contributed by atoms with Gasteiger partial charge in [-0.25, -0.2) is 0 Å². The van der Waals surface area contributed by atoms with Crippen molar-refractivity contribution >= 4 is 17.8 Å². The quantitative estimate of drug-likeness (QED) is 0.674. The highest BCUT2D eigenvalue weighted by molar-refractivity contribution is 5.74. The van der Waals surface area contributed by atoms with Gasteiger partial charge in [0.1, 0.15) is 18.8 Å². The lowest BCUT2D eigenvalue weighted by molar-refractivity contribution is -0.149. The molecular formula is C10H17NO5. The van der Waals surface area contributed by atoms with Crippen molar-refractivity contribution in [1.82, 2.24) is 5.32 Å². The molecule has 0 aliphatic heterocycles. The summed E-state index contributed by atoms with van der Waals surface area (Å²) in [7, 11) is 0. The number of hydrogen-bond acceptors (Lipinski definition) is 5. The van der Waals surface area contributed by atoms with Crippen LogP contribution in [-0.2, 0) is 23.9 Å². The van der Waals surface area contributed by atoms with Crippen molar-refractivity contribution in [2.45, 2.75) is 33.2 Å². The van der Waals surface area contributed by atoms with E-state index in [0.29, 0.717) is 0 Å². The van der Waals surface area contributed by atoms with Crippen LogP contribution in [0.25, 0.3) is 0 Å². The van der Waals surface area contributed by atoms with Crippen LogP contribution >= 0.6 is 0 Å². The van der Waals surface area contributed by atoms with Gasteiger partial charge in [0.25, 0.3) is 0 Å². The Labute approximate surface area is 94.3 Å². The SMILES string of the molecule is CC(=O)NC(C)(COC(C)=O)COC(C)=O. The molecular weight excluding hydrogens is 214 g/mol. The highest BCUT2D eigenvalue weighted by Gasteiger charge is 2.28. The second-order valence-electron chi connectivity index (χ2n) is 3.80. The lowest BCUT2D eigenvalue weighted by atomic mass is 10.1. The van der Waals surface area contributed by atoms with Gasteiger partial charge in [0.15, 0.2) is 0 Å². The Morgan fingerprint density at radius 1 is 1.00 bits per heavy atom. The third-order valence-corrected chi connectivity index (χ3v) is 1.67. The molecule has 0 aromatic carbocycles. The summed E-state index contributed by atoms with van der Waals surface area (Å²) in [6.07, 6.45) is 0. The highest BCUT2D eigenvalue weighted by atomic mass is 16.5. The minimum absolute atomic E-state index is 0.0464. The van der Waals surface area contributed by atoms with Gasteiger partial charge in [0.2, 0.25) is 5.91 Å². The fourth-order valence-electron chi connectivity index (χ4n) is 1.06. The number of carbonyl (C=O) groups excluding carboxylic acids is 3. The Morgan fingerprint density at radius 3 is 1.62 bits per heavy atom. The molecule has 0 aromatic rings. The second kappa shape index (κ2) is 6.09. The Bertz CT molecular complexity index is 269. The Hall–Kier alpha value is -1.59. The number of amides is 1. The van der Waals surface area contributed by atoms with Gasteiger partial charge in [0.05, 0.1) is 0 Å². The lowest BCUT2D eigenvalue weighted by Gasteiger charge is -2.28. The molecule has 0 fully saturated rings. The molecule has 1 N–H and O–H groups in total. The van der Waals surface area contributed by atoms with Crippen LogP contribution in [0.15, 0.2) is 0 Å². The predicted octanol–water partition coefficient (Wildman–Crippen LogP) is 0.00740. The van der Waals surface area contributed by atoms with E-state index in [1.54, 1.807) is 6.92 Å². The molecule has 92 valence electrons. The number of nitrogens with one attached hydrogen (secondary N) is 1. The van der Waals surface area contributed by atoms with Crippen molar-refractivity contribution < 1.29 is 23.9 Å². The first-order valence-corrected chi connectivity index (χ1v) is 4.81. The summed E-state index contributed by atoms with van der Waals surface area (Å²) in [6.45, 7) is 5.39. The fourth-order valence-corrected chi connectivity index (χ4v) is 1.06. The minimum atomic E-state index is -0.900. The van der Waals surface area contributed by atoms with Crippen LogP contribution < -0.4 is 5.32 Å². The van der Waals surface area contributed by atoms with Crippen molar-refractivity contribution in [3.05, 3.63) is 0 Å². The van der Waals surface area contributed by atoms with Crippen LogP contribution in [-0.4, -0.2) is 36.6 Å². The molecule has 0 aliphatic carbocycles. The van der Waals surface area contributed by atoms with E-state index in [1.165, 1.54) is 20.8 Å². The molecule has 0 rings (SSSR count). The molecule has 6 nitrogen and oxygen atoms in total. The second-order valence-corrected chi connectivity index (χ2v) is 3.80. The zero-order valence-corrected chi connectivity index (χ0v) is 9.96. The Balaban J connectivity index is 4.40. The maximum absolute atomic E-state index is 11.0. The largest absolute Gasteiger partial charge is 0.463 e. The monoisotopic (exact) mass is 231 g/mol. The molecule has 6 heteroatoms. The molecule has 0 radical (unpaired) electrons. The number of hydrogen-bond donors (Lipinski definition) is 1. The van der Waals surface area contributed by atoms with E-state index in [4.69, 9.17) is 9.47 Å². The summed E-state index contributed by atoms with van der Waals surface area (Å²) in [5.41, 5.74) is -0.900. The van der Waals surface area contributed by atoms with Gasteiger partial charge in [0, 0.05) is 20.8 Å². The zero-order chi connectivity index (χ0) is 12.8. The van der Waals surface area contributed by atoms with Crippen LogP contribution in [0.4, 0.5) is 0 Å². The molecule has 16 heavy (non-hydrogen) atoms. The third kappa shape index (κ3) is 6.80. The molecule has 1 amide bonds. The maximum atomic E-state index is 11.0. The van der Waals surface area contributed by atoms with Gasteiger partial charge < -0.3 is 14.8 Å². The van der Waals surface area contributed by atoms with Crippen LogP contribution in [0.5, 0.6) is 0 Å². The van der Waals surface area contributed by atoms with Gasteiger partial charge >= 0.3 is 11.9 Å². The minimum Gasteiger partial charge on any atom is -0.463 e. The molecule has 0 unspecified atom stereocenters. The van der Waals surface area contributed by atoms with E-state index in [9.17, 15) is 14.4 Å². The van der Waals surface area contributed by atoms with Crippen molar-refractivity contribution in [3.8, 4) is 0 Å². The molecule has 0 heterocycles. The first-order valence-electron chi connectivity index (χ1n) is 4.81. The van der Waals surface area contributed by atoms with E-state index < -0.39 is 17.5 Å². The summed E-state index contributed by atoms with van der Waals surface area (Å²) in [5, 5.41) is 2.57. The van der Waals surface area contributed by atoms with E-state index in [1.807, 2.05) is 0 Å². The third-order valence-electron chi connectivity index (χ3n) is 1.67. The van der Waals surface area contributed by atoms with Crippen LogP contribution in [0.3, 0.4) is 0 Å². The summed E-state index contributed by atoms with van der Waals surface area (Å²) >= 11 is 0. The van der Waals surface area contributed by atoms with Gasteiger partial charge in [-0.1, -0.05) is 0 Å². The molecule has 0 atom stereocenters. The first kappa shape index (κ1) is 14.4. The molecule has 0 saturated heterocycles. The smallest absolute Gasteiger partial charge is 0.302 e. The molecule has 0 aliphatic rings. The van der Waals surface area contributed by atoms with Gasteiger partial charge in [-0.05, 0) is 6.92 Å². The van der Waals surface area contributed by atoms with Gasteiger partial charge in [-0.15, -0.1) is 0 Å². The van der Waals surface area contributed by atoms with Gasteiger partial charge in [-0.2, -0.15) is 0 Å². The van der Waals surface area contributed by atoms with Crippen LogP contribution in [0.2, 0.25) is 0 Å². The molecule has 0 spiro atoms. The fraction of sp³-hybridized carbons (Fsp3) is 0.700. The van der Waals surface area contributed by atoms with E-state index in [-0.39, 0.29) is 19.1 Å². The number of ether oxygens (including phenoxy) is 2. The Morgan fingerprint density at radius 2 is 1.38 bits per heavy atom. The van der Waals surface area contributed by atoms with Crippen molar-refractivity contribution in [3.63, 3.8) is 0 Å². The van der Waals surface area contributed by atoms with Crippen molar-refractivity contribution in [2.24, 2.45) is 0 Å². The van der Waals surface area contributed by atoms with Crippen LogP contribution in [0.1, 0.15) is 27.7 Å². The lowest BCUT2D eigenvalue weighted by Crippen LogP contribution is -2.52. The Kier molecular flexibility index (Phi) is 5.49. The van der Waals surface area contributed by atoms with Crippen LogP contribution in [0, 0.1) is 0 Å². The molecule has 0 saturated carbocycles. The normalized spacial score (nSPS) is 10.5. The van der Waals surface area contributed by atoms with Crippen molar-refractivity contribution in [2.75, 3.05) is 13.2 Å².